The molecule has 39 heavy (non-hydrogen) atoms. The minimum atomic E-state index is -0.966. The first-order valence-corrected chi connectivity index (χ1v) is 13.0. The summed E-state index contributed by atoms with van der Waals surface area (Å²) in [6.07, 6.45) is 2.72. The van der Waals surface area contributed by atoms with Crippen LogP contribution in [0, 0.1) is 0 Å². The molecule has 0 saturated heterocycles. The van der Waals surface area contributed by atoms with Crippen LogP contribution >= 0.6 is 0 Å². The van der Waals surface area contributed by atoms with Crippen LogP contribution in [0.5, 0.6) is 0 Å². The number of carbonyl (C=O) groups is 2. The van der Waals surface area contributed by atoms with Gasteiger partial charge in [-0.1, -0.05) is 97.1 Å². The summed E-state index contributed by atoms with van der Waals surface area (Å²) in [4.78, 5) is 32.9. The van der Waals surface area contributed by atoms with Gasteiger partial charge in [0, 0.05) is 23.9 Å². The summed E-state index contributed by atoms with van der Waals surface area (Å²) in [5.41, 5.74) is 5.33. The molecule has 2 heterocycles. The van der Waals surface area contributed by atoms with E-state index in [0.717, 1.165) is 33.5 Å². The molecule has 0 spiro atoms. The third-order valence-corrected chi connectivity index (χ3v) is 7.57. The van der Waals surface area contributed by atoms with E-state index in [1.807, 2.05) is 83.4 Å². The molecule has 1 aliphatic carbocycles. The number of ether oxygens (including phenoxy) is 1. The summed E-state index contributed by atoms with van der Waals surface area (Å²) in [5.74, 6) is -0.516. The molecule has 0 atom stereocenters. The van der Waals surface area contributed by atoms with E-state index in [2.05, 4.69) is 24.3 Å². The molecule has 5 heteroatoms. The van der Waals surface area contributed by atoms with Crippen LogP contribution in [0.15, 0.2) is 115 Å². The first-order chi connectivity index (χ1) is 19.1. The standard InChI is InChI=1S/C34H28N2O3/c1-39-33(38)29-20-28-27-18-11-19-35-31(27)34(21-24-12-5-2-6-13-24,22-25-14-7-3-8-15-25)32(37)30(28)36(29)23-26-16-9-4-10-17-26/h2-20H,21-23H2,1H3. The molecule has 6 rings (SSSR count). The van der Waals surface area contributed by atoms with Gasteiger partial charge in [-0.2, -0.15) is 0 Å². The van der Waals surface area contributed by atoms with Crippen molar-refractivity contribution < 1.29 is 14.3 Å². The third kappa shape index (κ3) is 4.36. The normalized spacial score (nSPS) is 13.4. The molecule has 5 aromatic rings. The summed E-state index contributed by atoms with van der Waals surface area (Å²) >= 11 is 0. The monoisotopic (exact) mass is 512 g/mol. The van der Waals surface area contributed by atoms with Crippen molar-refractivity contribution in [2.75, 3.05) is 7.11 Å². The minimum Gasteiger partial charge on any atom is -0.464 e. The van der Waals surface area contributed by atoms with Crippen molar-refractivity contribution in [2.24, 2.45) is 0 Å². The highest BCUT2D eigenvalue weighted by molar-refractivity contribution is 6.13. The zero-order chi connectivity index (χ0) is 26.8. The van der Waals surface area contributed by atoms with Gasteiger partial charge in [0.25, 0.3) is 0 Å². The van der Waals surface area contributed by atoms with Gasteiger partial charge in [0.15, 0.2) is 5.78 Å². The lowest BCUT2D eigenvalue weighted by molar-refractivity contribution is 0.0588. The Kier molecular flexibility index (Phi) is 6.41. The molecule has 0 N–H and O–H groups in total. The Balaban J connectivity index is 1.62. The molecule has 1 aliphatic rings. The average Bonchev–Trinajstić information content (AvgIpc) is 3.36. The molecule has 5 nitrogen and oxygen atoms in total. The van der Waals surface area contributed by atoms with Gasteiger partial charge in [-0.3, -0.25) is 9.78 Å². The molecule has 2 aromatic heterocycles. The van der Waals surface area contributed by atoms with E-state index in [0.29, 0.717) is 30.8 Å². The highest BCUT2D eigenvalue weighted by Crippen LogP contribution is 2.47. The number of methoxy groups -OCH3 is 1. The fourth-order valence-corrected chi connectivity index (χ4v) is 5.82. The SMILES string of the molecule is COC(=O)c1cc2c(n1Cc1ccccc1)C(=O)C(Cc1ccccc1)(Cc1ccccc1)c1ncccc1-2. The Hall–Kier alpha value is -4.77. The van der Waals surface area contributed by atoms with E-state index in [1.165, 1.54) is 7.11 Å². The van der Waals surface area contributed by atoms with Gasteiger partial charge in [-0.05, 0) is 41.7 Å². The number of hydrogen-bond donors (Lipinski definition) is 0. The van der Waals surface area contributed by atoms with Crippen molar-refractivity contribution in [3.8, 4) is 11.1 Å². The Morgan fingerprint density at radius 3 is 1.90 bits per heavy atom. The van der Waals surface area contributed by atoms with E-state index < -0.39 is 11.4 Å². The van der Waals surface area contributed by atoms with Crippen LogP contribution in [-0.2, 0) is 29.5 Å². The molecular weight excluding hydrogens is 484 g/mol. The lowest BCUT2D eigenvalue weighted by Gasteiger charge is -2.37. The lowest BCUT2D eigenvalue weighted by atomic mass is 9.65. The Morgan fingerprint density at radius 2 is 1.33 bits per heavy atom. The van der Waals surface area contributed by atoms with Crippen LogP contribution in [0.25, 0.3) is 11.1 Å². The largest absolute Gasteiger partial charge is 0.464 e. The number of pyridine rings is 1. The van der Waals surface area contributed by atoms with Crippen molar-refractivity contribution in [2.45, 2.75) is 24.8 Å². The number of carbonyl (C=O) groups excluding carboxylic acids is 2. The van der Waals surface area contributed by atoms with Crippen LogP contribution in [0.4, 0.5) is 0 Å². The summed E-state index contributed by atoms with van der Waals surface area (Å²) in [5, 5.41) is 0. The van der Waals surface area contributed by atoms with Gasteiger partial charge in [0.05, 0.1) is 23.9 Å². The number of ketones is 1. The molecule has 192 valence electrons. The zero-order valence-corrected chi connectivity index (χ0v) is 21.7. The van der Waals surface area contributed by atoms with Crippen LogP contribution in [0.1, 0.15) is 43.4 Å². The average molecular weight is 513 g/mol. The summed E-state index contributed by atoms with van der Waals surface area (Å²) in [7, 11) is 1.37. The van der Waals surface area contributed by atoms with E-state index in [4.69, 9.17) is 9.72 Å². The Bertz CT molecular complexity index is 1600. The van der Waals surface area contributed by atoms with Crippen LogP contribution < -0.4 is 0 Å². The molecule has 0 bridgehead atoms. The second-order valence-electron chi connectivity index (χ2n) is 9.99. The smallest absolute Gasteiger partial charge is 0.354 e. The molecule has 0 fully saturated rings. The quantitative estimate of drug-likeness (QED) is 0.240. The Morgan fingerprint density at radius 1 is 0.769 bits per heavy atom. The number of benzene rings is 3. The highest BCUT2D eigenvalue weighted by atomic mass is 16.5. The second kappa shape index (κ2) is 10.2. The van der Waals surface area contributed by atoms with Gasteiger partial charge in [0.1, 0.15) is 5.69 Å². The molecule has 0 amide bonds. The van der Waals surface area contributed by atoms with Crippen molar-refractivity contribution in [1.29, 1.82) is 0 Å². The Labute approximate surface area is 227 Å². The topological polar surface area (TPSA) is 61.2 Å². The fourth-order valence-electron chi connectivity index (χ4n) is 5.82. The maximum Gasteiger partial charge on any atom is 0.354 e. The van der Waals surface area contributed by atoms with Crippen LogP contribution in [0.3, 0.4) is 0 Å². The molecule has 0 radical (unpaired) electrons. The van der Waals surface area contributed by atoms with E-state index >= 15 is 4.79 Å². The first-order valence-electron chi connectivity index (χ1n) is 13.0. The van der Waals surface area contributed by atoms with Crippen molar-refractivity contribution in [3.05, 3.63) is 149 Å². The molecule has 0 unspecified atom stereocenters. The number of fused-ring (bicyclic) bond motifs is 3. The van der Waals surface area contributed by atoms with E-state index in [9.17, 15) is 4.79 Å². The number of Topliss-reactive ketones (excluding diaryl/α,β-unsaturated/α-hetero) is 1. The number of rotatable bonds is 7. The molecule has 3 aromatic carbocycles. The highest BCUT2D eigenvalue weighted by Gasteiger charge is 2.49. The van der Waals surface area contributed by atoms with Crippen molar-refractivity contribution in [1.82, 2.24) is 9.55 Å². The second-order valence-corrected chi connectivity index (χ2v) is 9.99. The first kappa shape index (κ1) is 24.6. The molecular formula is C34H28N2O3. The lowest BCUT2D eigenvalue weighted by Crippen LogP contribution is -2.45. The van der Waals surface area contributed by atoms with Crippen LogP contribution in [0.2, 0.25) is 0 Å². The molecule has 0 aliphatic heterocycles. The maximum atomic E-state index is 15.0. The van der Waals surface area contributed by atoms with Crippen LogP contribution in [-0.4, -0.2) is 28.4 Å². The predicted molar refractivity (Wildman–Crippen MR) is 151 cm³/mol. The maximum absolute atomic E-state index is 15.0. The minimum absolute atomic E-state index is 0.0394. The van der Waals surface area contributed by atoms with Crippen molar-refractivity contribution >= 4 is 11.8 Å². The summed E-state index contributed by atoms with van der Waals surface area (Å²) in [6, 6.07) is 35.7. The third-order valence-electron chi connectivity index (χ3n) is 7.57. The van der Waals surface area contributed by atoms with Gasteiger partial charge in [-0.25, -0.2) is 4.79 Å². The van der Waals surface area contributed by atoms with E-state index in [1.54, 1.807) is 12.3 Å². The zero-order valence-electron chi connectivity index (χ0n) is 21.7. The number of esters is 1. The molecule has 0 saturated carbocycles. The number of aromatic nitrogens is 2. The summed E-state index contributed by atoms with van der Waals surface area (Å²) in [6.45, 7) is 0.370. The number of nitrogens with zero attached hydrogens (tertiary/aromatic N) is 2. The van der Waals surface area contributed by atoms with Gasteiger partial charge >= 0.3 is 5.97 Å². The van der Waals surface area contributed by atoms with Gasteiger partial charge in [0.2, 0.25) is 0 Å². The van der Waals surface area contributed by atoms with Gasteiger partial charge < -0.3 is 9.30 Å². The predicted octanol–water partition coefficient (Wildman–Crippen LogP) is 6.30. The van der Waals surface area contributed by atoms with Gasteiger partial charge in [-0.15, -0.1) is 0 Å². The number of hydrogen-bond acceptors (Lipinski definition) is 4. The summed E-state index contributed by atoms with van der Waals surface area (Å²) < 4.78 is 7.01. The fraction of sp³-hybridized carbons (Fsp3) is 0.147. The van der Waals surface area contributed by atoms with E-state index in [-0.39, 0.29) is 5.78 Å². The van der Waals surface area contributed by atoms with Crippen molar-refractivity contribution in [3.63, 3.8) is 0 Å².